The molecule has 2 atom stereocenters. The first-order valence-corrected chi connectivity index (χ1v) is 7.11. The lowest BCUT2D eigenvalue weighted by atomic mass is 9.88. The maximum Gasteiger partial charge on any atom is 0.264 e. The molecule has 0 aliphatic rings. The predicted octanol–water partition coefficient (Wildman–Crippen LogP) is 1.70. The van der Waals surface area contributed by atoms with E-state index in [1.807, 2.05) is 0 Å². The maximum absolute atomic E-state index is 13.7. The summed E-state index contributed by atoms with van der Waals surface area (Å²) in [4.78, 5) is 0. The van der Waals surface area contributed by atoms with Crippen LogP contribution >= 0.6 is 0 Å². The first-order chi connectivity index (χ1) is 8.60. The average molecular weight is 292 g/mol. The van der Waals surface area contributed by atoms with E-state index in [1.165, 1.54) is 6.92 Å². The summed E-state index contributed by atoms with van der Waals surface area (Å²) in [5.74, 6) is -1.84. The van der Waals surface area contributed by atoms with E-state index in [0.717, 1.165) is 24.5 Å². The van der Waals surface area contributed by atoms with Crippen LogP contribution in [0.2, 0.25) is 0 Å². The molecule has 0 bridgehead atoms. The summed E-state index contributed by atoms with van der Waals surface area (Å²) in [7, 11) is -3.85. The van der Waals surface area contributed by atoms with Crippen molar-refractivity contribution < 1.29 is 26.5 Å². The molecule has 0 unspecified atom stereocenters. The Balaban J connectivity index is 3.26. The van der Waals surface area contributed by atoms with Crippen LogP contribution in [0.25, 0.3) is 0 Å². The van der Waals surface area contributed by atoms with Gasteiger partial charge in [0.2, 0.25) is 0 Å². The zero-order valence-electron chi connectivity index (χ0n) is 10.4. The van der Waals surface area contributed by atoms with Gasteiger partial charge in [0.25, 0.3) is 10.1 Å². The maximum atomic E-state index is 13.7. The lowest BCUT2D eigenvalue weighted by molar-refractivity contribution is -0.0184. The topological polar surface area (TPSA) is 63.6 Å². The van der Waals surface area contributed by atoms with Crippen molar-refractivity contribution in [1.29, 1.82) is 0 Å². The molecule has 0 aliphatic heterocycles. The average Bonchev–Trinajstić information content (AvgIpc) is 2.25. The summed E-state index contributed by atoms with van der Waals surface area (Å²) in [5, 5.41) is 10.3. The third-order valence-corrected chi connectivity index (χ3v) is 3.25. The number of rotatable bonds is 5. The normalized spacial score (nSPS) is 16.7. The highest BCUT2D eigenvalue weighted by Crippen LogP contribution is 2.31. The SMILES string of the molecule is C=C[C@](O)(c1ccc(F)cc1F)[C@@H](C)OS(C)(=O)=O. The minimum atomic E-state index is -3.85. The second kappa shape index (κ2) is 5.36. The van der Waals surface area contributed by atoms with Crippen LogP contribution in [0.15, 0.2) is 30.9 Å². The van der Waals surface area contributed by atoms with Crippen molar-refractivity contribution in [1.82, 2.24) is 0 Å². The summed E-state index contributed by atoms with van der Waals surface area (Å²) in [6, 6.07) is 2.53. The van der Waals surface area contributed by atoms with Crippen LogP contribution < -0.4 is 0 Å². The first kappa shape index (κ1) is 15.7. The molecule has 0 aromatic heterocycles. The van der Waals surface area contributed by atoms with Gasteiger partial charge in [-0.2, -0.15) is 8.42 Å². The fourth-order valence-electron chi connectivity index (χ4n) is 1.64. The van der Waals surface area contributed by atoms with E-state index < -0.39 is 33.5 Å². The van der Waals surface area contributed by atoms with E-state index in [-0.39, 0.29) is 5.56 Å². The van der Waals surface area contributed by atoms with Gasteiger partial charge in [-0.15, -0.1) is 0 Å². The zero-order valence-corrected chi connectivity index (χ0v) is 11.2. The molecule has 0 spiro atoms. The molecule has 0 saturated heterocycles. The molecule has 7 heteroatoms. The van der Waals surface area contributed by atoms with Crippen molar-refractivity contribution in [2.75, 3.05) is 6.26 Å². The van der Waals surface area contributed by atoms with Gasteiger partial charge >= 0.3 is 0 Å². The van der Waals surface area contributed by atoms with E-state index in [1.54, 1.807) is 0 Å². The van der Waals surface area contributed by atoms with Crippen LogP contribution in [-0.4, -0.2) is 25.9 Å². The molecule has 1 N–H and O–H groups in total. The van der Waals surface area contributed by atoms with E-state index in [2.05, 4.69) is 10.8 Å². The van der Waals surface area contributed by atoms with Crippen LogP contribution in [0.1, 0.15) is 12.5 Å². The molecular weight excluding hydrogens is 278 g/mol. The van der Waals surface area contributed by atoms with E-state index in [9.17, 15) is 22.3 Å². The third-order valence-electron chi connectivity index (χ3n) is 2.61. The Morgan fingerprint density at radius 3 is 2.47 bits per heavy atom. The van der Waals surface area contributed by atoms with Gasteiger partial charge in [0, 0.05) is 11.6 Å². The Morgan fingerprint density at radius 1 is 1.47 bits per heavy atom. The number of hydrogen-bond acceptors (Lipinski definition) is 4. The molecule has 4 nitrogen and oxygen atoms in total. The Kier molecular flexibility index (Phi) is 4.44. The van der Waals surface area contributed by atoms with Gasteiger partial charge in [0.05, 0.1) is 6.26 Å². The number of hydrogen-bond donors (Lipinski definition) is 1. The predicted molar refractivity (Wildman–Crippen MR) is 65.8 cm³/mol. The van der Waals surface area contributed by atoms with Gasteiger partial charge in [-0.3, -0.25) is 4.18 Å². The molecule has 1 aromatic carbocycles. The molecule has 0 amide bonds. The lowest BCUT2D eigenvalue weighted by Gasteiger charge is -2.30. The molecular formula is C12H14F2O4S. The van der Waals surface area contributed by atoms with Crippen molar-refractivity contribution in [3.8, 4) is 0 Å². The molecule has 106 valence electrons. The van der Waals surface area contributed by atoms with E-state index in [4.69, 9.17) is 0 Å². The fraction of sp³-hybridized carbons (Fsp3) is 0.333. The van der Waals surface area contributed by atoms with Crippen LogP contribution in [0.4, 0.5) is 8.78 Å². The summed E-state index contributed by atoms with van der Waals surface area (Å²) in [6.07, 6.45) is 0.424. The minimum absolute atomic E-state index is 0.319. The van der Waals surface area contributed by atoms with Crippen LogP contribution in [-0.2, 0) is 19.9 Å². The summed E-state index contributed by atoms with van der Waals surface area (Å²) in [5.41, 5.74) is -2.42. The Hall–Kier alpha value is -1.31. The molecule has 0 radical (unpaired) electrons. The van der Waals surface area contributed by atoms with Gasteiger partial charge in [-0.25, -0.2) is 8.78 Å². The van der Waals surface area contributed by atoms with Gasteiger partial charge in [-0.1, -0.05) is 12.7 Å². The molecule has 0 aliphatic carbocycles. The van der Waals surface area contributed by atoms with Crippen LogP contribution in [0, 0.1) is 11.6 Å². The van der Waals surface area contributed by atoms with E-state index in [0.29, 0.717) is 6.07 Å². The Labute approximate surface area is 110 Å². The summed E-state index contributed by atoms with van der Waals surface area (Å²) < 4.78 is 53.2. The number of halogens is 2. The second-order valence-electron chi connectivity index (χ2n) is 4.10. The van der Waals surface area contributed by atoms with Crippen molar-refractivity contribution in [2.24, 2.45) is 0 Å². The van der Waals surface area contributed by atoms with Gasteiger partial charge < -0.3 is 5.11 Å². The first-order valence-electron chi connectivity index (χ1n) is 5.30. The summed E-state index contributed by atoms with van der Waals surface area (Å²) in [6.45, 7) is 4.58. The number of aliphatic hydroxyl groups is 1. The van der Waals surface area contributed by atoms with Gasteiger partial charge in [0.1, 0.15) is 23.3 Å². The van der Waals surface area contributed by atoms with Crippen molar-refractivity contribution >= 4 is 10.1 Å². The largest absolute Gasteiger partial charge is 0.378 e. The molecule has 0 fully saturated rings. The summed E-state index contributed by atoms with van der Waals surface area (Å²) >= 11 is 0. The highest BCUT2D eigenvalue weighted by atomic mass is 32.2. The standard InChI is InChI=1S/C12H14F2O4S/c1-4-12(15,8(2)18-19(3,16)17)10-6-5-9(13)7-11(10)14/h4-8,15H,1H2,2-3H3/t8-,12-/m1/s1. The Bertz CT molecular complexity index is 585. The highest BCUT2D eigenvalue weighted by Gasteiger charge is 2.38. The van der Waals surface area contributed by atoms with Crippen molar-refractivity contribution in [3.63, 3.8) is 0 Å². The van der Waals surface area contributed by atoms with Gasteiger partial charge in [-0.05, 0) is 19.1 Å². The van der Waals surface area contributed by atoms with Gasteiger partial charge in [0.15, 0.2) is 0 Å². The van der Waals surface area contributed by atoms with Crippen molar-refractivity contribution in [3.05, 3.63) is 48.1 Å². The van der Waals surface area contributed by atoms with Crippen LogP contribution in [0.3, 0.4) is 0 Å². The van der Waals surface area contributed by atoms with E-state index >= 15 is 0 Å². The monoisotopic (exact) mass is 292 g/mol. The molecule has 1 rings (SSSR count). The highest BCUT2D eigenvalue weighted by molar-refractivity contribution is 7.86. The smallest absolute Gasteiger partial charge is 0.264 e. The third kappa shape index (κ3) is 3.59. The van der Waals surface area contributed by atoms with Crippen molar-refractivity contribution in [2.45, 2.75) is 18.6 Å². The quantitative estimate of drug-likeness (QED) is 0.663. The molecule has 0 heterocycles. The van der Waals surface area contributed by atoms with Crippen LogP contribution in [0.5, 0.6) is 0 Å². The second-order valence-corrected chi connectivity index (χ2v) is 5.70. The fourth-order valence-corrected chi connectivity index (χ4v) is 2.32. The minimum Gasteiger partial charge on any atom is -0.378 e. The molecule has 1 aromatic rings. The lowest BCUT2D eigenvalue weighted by Crippen LogP contribution is -2.39. The number of benzene rings is 1. The Morgan fingerprint density at radius 2 is 2.05 bits per heavy atom. The molecule has 0 saturated carbocycles. The zero-order chi connectivity index (χ0) is 14.8. The molecule has 19 heavy (non-hydrogen) atoms.